The Labute approximate surface area is 76.7 Å². The molecule has 0 rings (SSSR count). The number of hydrogen-bond acceptors (Lipinski definition) is 2. The van der Waals surface area contributed by atoms with Crippen LogP contribution >= 0.6 is 0 Å². The summed E-state index contributed by atoms with van der Waals surface area (Å²) in [5, 5.41) is 3.50. The van der Waals surface area contributed by atoms with E-state index < -0.39 is 0 Å². The monoisotopic (exact) mass is 173 g/mol. The van der Waals surface area contributed by atoms with Gasteiger partial charge in [-0.3, -0.25) is 0 Å². The summed E-state index contributed by atoms with van der Waals surface area (Å²) in [6, 6.07) is 0.625. The Morgan fingerprint density at radius 1 is 1.33 bits per heavy atom. The summed E-state index contributed by atoms with van der Waals surface area (Å²) in [5.74, 6) is 0. The summed E-state index contributed by atoms with van der Waals surface area (Å²) in [7, 11) is 1.78. The van der Waals surface area contributed by atoms with Crippen molar-refractivity contribution in [2.24, 2.45) is 0 Å². The Hall–Kier alpha value is -0.0800. The second kappa shape index (κ2) is 7.56. The van der Waals surface area contributed by atoms with Crippen molar-refractivity contribution in [1.82, 2.24) is 5.32 Å². The van der Waals surface area contributed by atoms with Crippen LogP contribution in [0.4, 0.5) is 0 Å². The van der Waals surface area contributed by atoms with Gasteiger partial charge >= 0.3 is 0 Å². The molecule has 2 unspecified atom stereocenters. The predicted octanol–water partition coefficient (Wildman–Crippen LogP) is 2.19. The molecule has 1 N–H and O–H groups in total. The highest BCUT2D eigenvalue weighted by molar-refractivity contribution is 4.67. The lowest BCUT2D eigenvalue weighted by Crippen LogP contribution is -2.32. The zero-order chi connectivity index (χ0) is 9.40. The lowest BCUT2D eigenvalue weighted by molar-refractivity contribution is 0.0999. The molecule has 12 heavy (non-hydrogen) atoms. The molecule has 0 aliphatic rings. The van der Waals surface area contributed by atoms with Crippen molar-refractivity contribution in [1.29, 1.82) is 0 Å². The van der Waals surface area contributed by atoms with E-state index >= 15 is 0 Å². The van der Waals surface area contributed by atoms with Gasteiger partial charge in [-0.05, 0) is 32.7 Å². The van der Waals surface area contributed by atoms with Gasteiger partial charge in [-0.25, -0.2) is 0 Å². The normalized spacial score (nSPS) is 16.0. The standard InChI is InChI=1S/C10H23NO/c1-5-7-11-10(6-2)8-9(3)12-4/h9-11H,5-8H2,1-4H3. The smallest absolute Gasteiger partial charge is 0.0558 e. The molecule has 0 spiro atoms. The van der Waals surface area contributed by atoms with E-state index in [9.17, 15) is 0 Å². The molecule has 2 nitrogen and oxygen atoms in total. The molecule has 0 radical (unpaired) electrons. The second-order valence-electron chi connectivity index (χ2n) is 3.34. The van der Waals surface area contributed by atoms with Crippen molar-refractivity contribution >= 4 is 0 Å². The van der Waals surface area contributed by atoms with Crippen LogP contribution in [0, 0.1) is 0 Å². The third kappa shape index (κ3) is 5.56. The lowest BCUT2D eigenvalue weighted by Gasteiger charge is -2.19. The number of methoxy groups -OCH3 is 1. The summed E-state index contributed by atoms with van der Waals surface area (Å²) in [5.41, 5.74) is 0. The minimum absolute atomic E-state index is 0.374. The average molecular weight is 173 g/mol. The van der Waals surface area contributed by atoms with Crippen LogP contribution in [0.2, 0.25) is 0 Å². The maximum Gasteiger partial charge on any atom is 0.0558 e. The van der Waals surface area contributed by atoms with Crippen LogP contribution in [-0.2, 0) is 4.74 Å². The van der Waals surface area contributed by atoms with E-state index in [1.165, 1.54) is 12.8 Å². The van der Waals surface area contributed by atoms with Gasteiger partial charge in [-0.15, -0.1) is 0 Å². The Bertz CT molecular complexity index is 95.8. The first-order chi connectivity index (χ1) is 5.74. The summed E-state index contributed by atoms with van der Waals surface area (Å²) in [6.07, 6.45) is 3.89. The first-order valence-corrected chi connectivity index (χ1v) is 5.00. The highest BCUT2D eigenvalue weighted by Crippen LogP contribution is 2.04. The third-order valence-corrected chi connectivity index (χ3v) is 2.19. The quantitative estimate of drug-likeness (QED) is 0.637. The molecule has 0 aromatic carbocycles. The molecule has 0 saturated heterocycles. The summed E-state index contributed by atoms with van der Waals surface area (Å²) < 4.78 is 5.22. The summed E-state index contributed by atoms with van der Waals surface area (Å²) in [6.45, 7) is 7.65. The minimum atomic E-state index is 0.374. The Balaban J connectivity index is 3.51. The number of ether oxygens (including phenoxy) is 1. The Morgan fingerprint density at radius 2 is 2.00 bits per heavy atom. The fourth-order valence-corrected chi connectivity index (χ4v) is 1.24. The molecule has 0 heterocycles. The van der Waals surface area contributed by atoms with E-state index in [1.807, 2.05) is 0 Å². The van der Waals surface area contributed by atoms with Crippen molar-refractivity contribution < 1.29 is 4.74 Å². The first kappa shape index (κ1) is 11.9. The maximum absolute atomic E-state index is 5.22. The van der Waals surface area contributed by atoms with Crippen LogP contribution in [0.15, 0.2) is 0 Å². The zero-order valence-electron chi connectivity index (χ0n) is 8.89. The molecule has 0 aliphatic carbocycles. The van der Waals surface area contributed by atoms with E-state index in [1.54, 1.807) is 7.11 Å². The topological polar surface area (TPSA) is 21.3 Å². The average Bonchev–Trinajstić information content (AvgIpc) is 2.11. The number of hydrogen-bond donors (Lipinski definition) is 1. The highest BCUT2D eigenvalue weighted by Gasteiger charge is 2.09. The Kier molecular flexibility index (Phi) is 7.51. The van der Waals surface area contributed by atoms with Gasteiger partial charge in [0.05, 0.1) is 6.10 Å². The van der Waals surface area contributed by atoms with Crippen LogP contribution < -0.4 is 5.32 Å². The minimum Gasteiger partial charge on any atom is -0.382 e. The molecule has 2 atom stereocenters. The van der Waals surface area contributed by atoms with Crippen LogP contribution in [0.5, 0.6) is 0 Å². The van der Waals surface area contributed by atoms with E-state index in [-0.39, 0.29) is 0 Å². The zero-order valence-corrected chi connectivity index (χ0v) is 8.89. The van der Waals surface area contributed by atoms with Crippen molar-refractivity contribution in [2.45, 2.75) is 52.2 Å². The van der Waals surface area contributed by atoms with Gasteiger partial charge in [0.25, 0.3) is 0 Å². The summed E-state index contributed by atoms with van der Waals surface area (Å²) in [4.78, 5) is 0. The van der Waals surface area contributed by atoms with Crippen LogP contribution in [-0.4, -0.2) is 25.8 Å². The van der Waals surface area contributed by atoms with Gasteiger partial charge in [0.1, 0.15) is 0 Å². The van der Waals surface area contributed by atoms with Crippen molar-refractivity contribution in [2.75, 3.05) is 13.7 Å². The number of rotatable bonds is 7. The Morgan fingerprint density at radius 3 is 2.42 bits per heavy atom. The molecule has 0 amide bonds. The first-order valence-electron chi connectivity index (χ1n) is 5.00. The second-order valence-corrected chi connectivity index (χ2v) is 3.34. The van der Waals surface area contributed by atoms with E-state index in [4.69, 9.17) is 4.74 Å². The van der Waals surface area contributed by atoms with E-state index in [2.05, 4.69) is 26.1 Å². The summed E-state index contributed by atoms with van der Waals surface area (Å²) >= 11 is 0. The fourth-order valence-electron chi connectivity index (χ4n) is 1.24. The van der Waals surface area contributed by atoms with Crippen LogP contribution in [0.25, 0.3) is 0 Å². The molecule has 0 bridgehead atoms. The molecular weight excluding hydrogens is 150 g/mol. The van der Waals surface area contributed by atoms with Gasteiger partial charge in [0.15, 0.2) is 0 Å². The van der Waals surface area contributed by atoms with Crippen molar-refractivity contribution in [3.05, 3.63) is 0 Å². The van der Waals surface area contributed by atoms with Gasteiger partial charge < -0.3 is 10.1 Å². The SMILES string of the molecule is CCCNC(CC)CC(C)OC. The molecule has 0 saturated carbocycles. The van der Waals surface area contributed by atoms with Crippen LogP contribution in [0.3, 0.4) is 0 Å². The maximum atomic E-state index is 5.22. The van der Waals surface area contributed by atoms with E-state index in [0.29, 0.717) is 12.1 Å². The third-order valence-electron chi connectivity index (χ3n) is 2.19. The van der Waals surface area contributed by atoms with Gasteiger partial charge in [0.2, 0.25) is 0 Å². The lowest BCUT2D eigenvalue weighted by atomic mass is 10.1. The van der Waals surface area contributed by atoms with Crippen molar-refractivity contribution in [3.63, 3.8) is 0 Å². The van der Waals surface area contributed by atoms with Gasteiger partial charge in [-0.2, -0.15) is 0 Å². The van der Waals surface area contributed by atoms with Crippen LogP contribution in [0.1, 0.15) is 40.0 Å². The van der Waals surface area contributed by atoms with Crippen molar-refractivity contribution in [3.8, 4) is 0 Å². The molecule has 0 aliphatic heterocycles. The fraction of sp³-hybridized carbons (Fsp3) is 1.00. The molecule has 0 aromatic heterocycles. The predicted molar refractivity (Wildman–Crippen MR) is 53.5 cm³/mol. The highest BCUT2D eigenvalue weighted by atomic mass is 16.5. The molecule has 0 aromatic rings. The molecule has 0 fully saturated rings. The molecule has 74 valence electrons. The molecule has 2 heteroatoms. The van der Waals surface area contributed by atoms with Gasteiger partial charge in [0, 0.05) is 13.2 Å². The largest absolute Gasteiger partial charge is 0.382 e. The van der Waals surface area contributed by atoms with E-state index in [0.717, 1.165) is 13.0 Å². The number of nitrogens with one attached hydrogen (secondary N) is 1. The van der Waals surface area contributed by atoms with Gasteiger partial charge in [-0.1, -0.05) is 13.8 Å². The molecular formula is C10H23NO.